The quantitative estimate of drug-likeness (QED) is 0.713. The van der Waals surface area contributed by atoms with Gasteiger partial charge in [0.25, 0.3) is 0 Å². The van der Waals surface area contributed by atoms with Gasteiger partial charge in [0.1, 0.15) is 0 Å². The van der Waals surface area contributed by atoms with Crippen molar-refractivity contribution in [3.63, 3.8) is 0 Å². The van der Waals surface area contributed by atoms with Gasteiger partial charge in [0.15, 0.2) is 0 Å². The van der Waals surface area contributed by atoms with Crippen molar-refractivity contribution in [2.75, 3.05) is 13.2 Å². The molecule has 0 aromatic heterocycles. The summed E-state index contributed by atoms with van der Waals surface area (Å²) in [6, 6.07) is 0. The molecule has 108 valence electrons. The van der Waals surface area contributed by atoms with Crippen molar-refractivity contribution in [1.82, 2.24) is 4.72 Å². The van der Waals surface area contributed by atoms with E-state index in [2.05, 4.69) is 11.6 Å². The molecule has 0 aromatic carbocycles. The summed E-state index contributed by atoms with van der Waals surface area (Å²) >= 11 is 0. The van der Waals surface area contributed by atoms with Crippen molar-refractivity contribution in [2.45, 2.75) is 63.5 Å². The van der Waals surface area contributed by atoms with E-state index in [4.69, 9.17) is 5.11 Å². The molecule has 2 N–H and O–H groups in total. The lowest BCUT2D eigenvalue weighted by molar-refractivity contribution is 0.251. The minimum absolute atomic E-state index is 0.135. The van der Waals surface area contributed by atoms with Gasteiger partial charge in [0.2, 0.25) is 10.0 Å². The normalized spacial score (nSPS) is 19.9. The number of sulfonamides is 1. The molecule has 0 heterocycles. The second-order valence-electron chi connectivity index (χ2n) is 5.32. The number of hydrogen-bond donors (Lipinski definition) is 2. The largest absolute Gasteiger partial charge is 0.396 e. The highest BCUT2D eigenvalue weighted by atomic mass is 32.2. The summed E-state index contributed by atoms with van der Waals surface area (Å²) in [5.74, 6) is 0.262. The minimum Gasteiger partial charge on any atom is -0.396 e. The van der Waals surface area contributed by atoms with Crippen LogP contribution in [0.1, 0.15) is 58.3 Å². The molecule has 0 spiro atoms. The Morgan fingerprint density at radius 3 is 2.44 bits per heavy atom. The molecule has 0 bridgehead atoms. The van der Waals surface area contributed by atoms with Crippen LogP contribution in [0.5, 0.6) is 0 Å². The zero-order valence-corrected chi connectivity index (χ0v) is 12.2. The van der Waals surface area contributed by atoms with E-state index >= 15 is 0 Å². The van der Waals surface area contributed by atoms with E-state index < -0.39 is 10.0 Å². The maximum atomic E-state index is 12.1. The van der Waals surface area contributed by atoms with Gasteiger partial charge in [-0.1, -0.05) is 32.6 Å². The highest BCUT2D eigenvalue weighted by molar-refractivity contribution is 7.90. The van der Waals surface area contributed by atoms with Crippen LogP contribution in [0.3, 0.4) is 0 Å². The first kappa shape index (κ1) is 15.9. The molecule has 1 aliphatic rings. The van der Waals surface area contributed by atoms with Crippen LogP contribution >= 0.6 is 0 Å². The summed E-state index contributed by atoms with van der Waals surface area (Å²) in [5, 5.41) is 8.77. The molecule has 1 rings (SSSR count). The van der Waals surface area contributed by atoms with Crippen molar-refractivity contribution in [2.24, 2.45) is 5.92 Å². The van der Waals surface area contributed by atoms with Crippen LogP contribution in [0.15, 0.2) is 0 Å². The number of rotatable bonds is 8. The summed E-state index contributed by atoms with van der Waals surface area (Å²) in [7, 11) is -3.15. The molecule has 0 saturated heterocycles. The number of aliphatic hydroxyl groups excluding tert-OH is 1. The Balaban J connectivity index is 2.43. The molecule has 0 aromatic rings. The zero-order valence-electron chi connectivity index (χ0n) is 11.4. The van der Waals surface area contributed by atoms with Crippen LogP contribution in [-0.2, 0) is 10.0 Å². The Morgan fingerprint density at radius 2 is 1.89 bits per heavy atom. The Kier molecular flexibility index (Phi) is 7.19. The maximum absolute atomic E-state index is 12.1. The summed E-state index contributed by atoms with van der Waals surface area (Å²) < 4.78 is 27.0. The van der Waals surface area contributed by atoms with Crippen LogP contribution in [0.2, 0.25) is 0 Å². The number of hydrogen-bond acceptors (Lipinski definition) is 3. The van der Waals surface area contributed by atoms with Gasteiger partial charge >= 0.3 is 0 Å². The predicted octanol–water partition coefficient (Wildman–Crippen LogP) is 2.04. The molecule has 0 radical (unpaired) electrons. The summed E-state index contributed by atoms with van der Waals surface area (Å²) in [6.07, 6.45) is 7.49. The lowest BCUT2D eigenvalue weighted by Crippen LogP contribution is -2.38. The maximum Gasteiger partial charge on any atom is 0.214 e. The molecule has 0 amide bonds. The van der Waals surface area contributed by atoms with Crippen molar-refractivity contribution in [3.05, 3.63) is 0 Å². The SMILES string of the molecule is CCCC(CCO)CNS(=O)(=O)C1CCCCC1. The molecule has 4 nitrogen and oxygen atoms in total. The Bertz CT molecular complexity index is 304. The molecule has 1 unspecified atom stereocenters. The minimum atomic E-state index is -3.15. The predicted molar refractivity (Wildman–Crippen MR) is 73.9 cm³/mol. The van der Waals surface area contributed by atoms with Gasteiger partial charge in [-0.15, -0.1) is 0 Å². The highest BCUT2D eigenvalue weighted by Crippen LogP contribution is 2.23. The van der Waals surface area contributed by atoms with Gasteiger partial charge in [-0.25, -0.2) is 13.1 Å². The first-order valence-electron chi connectivity index (χ1n) is 7.19. The van der Waals surface area contributed by atoms with Crippen molar-refractivity contribution >= 4 is 10.0 Å². The number of aliphatic hydroxyl groups is 1. The van der Waals surface area contributed by atoms with E-state index in [1.165, 1.54) is 0 Å². The van der Waals surface area contributed by atoms with Gasteiger partial charge in [-0.2, -0.15) is 0 Å². The lowest BCUT2D eigenvalue weighted by Gasteiger charge is -2.23. The van der Waals surface area contributed by atoms with Gasteiger partial charge in [0, 0.05) is 13.2 Å². The second-order valence-corrected chi connectivity index (χ2v) is 7.37. The van der Waals surface area contributed by atoms with Crippen LogP contribution in [0.4, 0.5) is 0 Å². The van der Waals surface area contributed by atoms with E-state index in [0.29, 0.717) is 13.0 Å². The fourth-order valence-electron chi connectivity index (χ4n) is 2.67. The van der Waals surface area contributed by atoms with Gasteiger partial charge < -0.3 is 5.11 Å². The smallest absolute Gasteiger partial charge is 0.214 e. The van der Waals surface area contributed by atoms with E-state index in [9.17, 15) is 8.42 Å². The fourth-order valence-corrected chi connectivity index (χ4v) is 4.32. The lowest BCUT2D eigenvalue weighted by atomic mass is 10.0. The molecule has 0 aliphatic heterocycles. The van der Waals surface area contributed by atoms with Crippen LogP contribution in [0.25, 0.3) is 0 Å². The number of nitrogens with one attached hydrogen (secondary N) is 1. The van der Waals surface area contributed by atoms with Gasteiger partial charge in [-0.05, 0) is 31.6 Å². The van der Waals surface area contributed by atoms with Crippen molar-refractivity contribution in [1.29, 1.82) is 0 Å². The van der Waals surface area contributed by atoms with Gasteiger partial charge in [-0.3, -0.25) is 0 Å². The third-order valence-corrected chi connectivity index (χ3v) is 5.72. The average Bonchev–Trinajstić information content (AvgIpc) is 2.38. The van der Waals surface area contributed by atoms with Crippen LogP contribution in [-0.4, -0.2) is 31.9 Å². The molecule has 1 aliphatic carbocycles. The fraction of sp³-hybridized carbons (Fsp3) is 1.00. The van der Waals surface area contributed by atoms with Crippen LogP contribution in [0, 0.1) is 5.92 Å². The average molecular weight is 277 g/mol. The Labute approximate surface area is 111 Å². The topological polar surface area (TPSA) is 66.4 Å². The van der Waals surface area contributed by atoms with E-state index in [1.54, 1.807) is 0 Å². The monoisotopic (exact) mass is 277 g/mol. The standard InChI is InChI=1S/C13H27NO3S/c1-2-6-12(9-10-15)11-14-18(16,17)13-7-4-3-5-8-13/h12-15H,2-11H2,1H3. The van der Waals surface area contributed by atoms with Crippen LogP contribution < -0.4 is 4.72 Å². The van der Waals surface area contributed by atoms with Crippen molar-refractivity contribution < 1.29 is 13.5 Å². The summed E-state index contributed by atoms with van der Waals surface area (Å²) in [5.41, 5.74) is 0. The second kappa shape index (κ2) is 8.12. The summed E-state index contributed by atoms with van der Waals surface area (Å²) in [4.78, 5) is 0. The third-order valence-electron chi connectivity index (χ3n) is 3.80. The molecular weight excluding hydrogens is 250 g/mol. The van der Waals surface area contributed by atoms with Gasteiger partial charge in [0.05, 0.1) is 5.25 Å². The zero-order chi connectivity index (χ0) is 13.4. The highest BCUT2D eigenvalue weighted by Gasteiger charge is 2.27. The molecule has 5 heteroatoms. The van der Waals surface area contributed by atoms with E-state index in [1.807, 2.05) is 0 Å². The Hall–Kier alpha value is -0.130. The van der Waals surface area contributed by atoms with E-state index in [-0.39, 0.29) is 17.8 Å². The molecular formula is C13H27NO3S. The van der Waals surface area contributed by atoms with Crippen molar-refractivity contribution in [3.8, 4) is 0 Å². The first-order chi connectivity index (χ1) is 8.60. The first-order valence-corrected chi connectivity index (χ1v) is 8.74. The molecule has 1 atom stereocenters. The molecule has 18 heavy (non-hydrogen) atoms. The third kappa shape index (κ3) is 5.24. The molecule has 1 fully saturated rings. The summed E-state index contributed by atoms with van der Waals surface area (Å²) in [6.45, 7) is 2.70. The Morgan fingerprint density at radius 1 is 1.22 bits per heavy atom. The van der Waals surface area contributed by atoms with E-state index in [0.717, 1.165) is 44.9 Å². The molecule has 1 saturated carbocycles.